The van der Waals surface area contributed by atoms with Gasteiger partial charge >= 0.3 is 17.9 Å². The highest BCUT2D eigenvalue weighted by Crippen LogP contribution is 2.18. The van der Waals surface area contributed by atoms with Gasteiger partial charge in [-0.25, -0.2) is 0 Å². The Morgan fingerprint density at radius 3 is 1.25 bits per heavy atom. The van der Waals surface area contributed by atoms with Crippen molar-refractivity contribution in [3.05, 3.63) is 0 Å². The maximum absolute atomic E-state index is 10.1. The first kappa shape index (κ1) is 31.0. The van der Waals surface area contributed by atoms with Gasteiger partial charge in [-0.1, -0.05) is 52.4 Å². The van der Waals surface area contributed by atoms with Crippen molar-refractivity contribution in [2.45, 2.75) is 78.1 Å². The molecule has 9 heteroatoms. The van der Waals surface area contributed by atoms with Crippen LogP contribution in [0.4, 0.5) is 0 Å². The van der Waals surface area contributed by atoms with Gasteiger partial charge in [0.2, 0.25) is 0 Å². The average molecular weight is 411 g/mol. The molecule has 168 valence electrons. The summed E-state index contributed by atoms with van der Waals surface area (Å²) in [6.45, 7) is 3.55. The first-order chi connectivity index (χ1) is 13.1. The zero-order valence-corrected chi connectivity index (χ0v) is 17.1. The Kier molecular flexibility index (Phi) is 23.9. The SMILES string of the molecule is CCC(CO)(CO)CO.CCCCCCCCCC(=O)O.O=C(O)CC(=O)O. The van der Waals surface area contributed by atoms with Crippen molar-refractivity contribution in [1.29, 1.82) is 0 Å². The number of rotatable bonds is 14. The van der Waals surface area contributed by atoms with Gasteiger partial charge in [-0.2, -0.15) is 0 Å². The van der Waals surface area contributed by atoms with Crippen LogP contribution in [0, 0.1) is 5.41 Å². The molecule has 0 spiro atoms. The minimum atomic E-state index is -1.31. The normalized spacial score (nSPS) is 10.2. The van der Waals surface area contributed by atoms with Crippen LogP contribution in [0.3, 0.4) is 0 Å². The van der Waals surface area contributed by atoms with Crippen molar-refractivity contribution >= 4 is 17.9 Å². The molecule has 0 aromatic heterocycles. The van der Waals surface area contributed by atoms with Crippen LogP contribution in [0.25, 0.3) is 0 Å². The molecule has 0 atom stereocenters. The number of aliphatic carboxylic acids is 3. The number of carboxylic acid groups (broad SMARTS) is 3. The quantitative estimate of drug-likeness (QED) is 0.185. The van der Waals surface area contributed by atoms with Gasteiger partial charge in [0, 0.05) is 11.8 Å². The predicted octanol–water partition coefficient (Wildman–Crippen LogP) is 2.12. The van der Waals surface area contributed by atoms with E-state index < -0.39 is 29.7 Å². The molecule has 0 aliphatic rings. The number of aliphatic hydroxyl groups is 3. The van der Waals surface area contributed by atoms with Gasteiger partial charge < -0.3 is 30.6 Å². The third kappa shape index (κ3) is 24.3. The van der Waals surface area contributed by atoms with Crippen LogP contribution in [0.15, 0.2) is 0 Å². The van der Waals surface area contributed by atoms with Crippen LogP contribution in [0.5, 0.6) is 0 Å². The van der Waals surface area contributed by atoms with E-state index in [4.69, 9.17) is 30.6 Å². The van der Waals surface area contributed by atoms with Crippen LogP contribution >= 0.6 is 0 Å². The van der Waals surface area contributed by atoms with E-state index in [0.29, 0.717) is 12.8 Å². The number of carbonyl (C=O) groups is 3. The maximum atomic E-state index is 10.1. The summed E-state index contributed by atoms with van der Waals surface area (Å²) in [6.07, 6.45) is 8.43. The Hall–Kier alpha value is -1.71. The van der Waals surface area contributed by atoms with Gasteiger partial charge in [0.1, 0.15) is 6.42 Å². The molecule has 0 rings (SSSR count). The minimum Gasteiger partial charge on any atom is -0.481 e. The first-order valence-electron chi connectivity index (χ1n) is 9.62. The highest BCUT2D eigenvalue weighted by molar-refractivity contribution is 5.88. The minimum absolute atomic E-state index is 0.156. The lowest BCUT2D eigenvalue weighted by atomic mass is 9.88. The Morgan fingerprint density at radius 2 is 1.04 bits per heavy atom. The molecule has 0 aliphatic carbocycles. The van der Waals surface area contributed by atoms with Crippen LogP contribution in [0.1, 0.15) is 78.1 Å². The lowest BCUT2D eigenvalue weighted by molar-refractivity contribution is -0.147. The van der Waals surface area contributed by atoms with Crippen molar-refractivity contribution < 1.29 is 45.0 Å². The highest BCUT2D eigenvalue weighted by atomic mass is 16.4. The number of hydrogen-bond donors (Lipinski definition) is 6. The van der Waals surface area contributed by atoms with Crippen molar-refractivity contribution in [2.24, 2.45) is 5.41 Å². The smallest absolute Gasteiger partial charge is 0.314 e. The van der Waals surface area contributed by atoms with Crippen LogP contribution in [-0.4, -0.2) is 68.4 Å². The summed E-state index contributed by atoms with van der Waals surface area (Å²) >= 11 is 0. The Morgan fingerprint density at radius 1 is 0.643 bits per heavy atom. The number of aliphatic hydroxyl groups excluding tert-OH is 3. The van der Waals surface area contributed by atoms with E-state index in [1.54, 1.807) is 0 Å². The molecular weight excluding hydrogens is 372 g/mol. The second-order valence-corrected chi connectivity index (χ2v) is 6.56. The van der Waals surface area contributed by atoms with Crippen LogP contribution in [0.2, 0.25) is 0 Å². The van der Waals surface area contributed by atoms with Gasteiger partial charge in [-0.15, -0.1) is 0 Å². The van der Waals surface area contributed by atoms with Crippen LogP contribution < -0.4 is 0 Å². The molecule has 6 N–H and O–H groups in total. The number of carboxylic acids is 3. The van der Waals surface area contributed by atoms with E-state index in [-0.39, 0.29) is 19.8 Å². The van der Waals surface area contributed by atoms with E-state index in [0.717, 1.165) is 12.8 Å². The molecule has 0 unspecified atom stereocenters. The van der Waals surface area contributed by atoms with E-state index in [2.05, 4.69) is 6.92 Å². The summed E-state index contributed by atoms with van der Waals surface area (Å²) in [5.74, 6) is -3.29. The third-order valence-electron chi connectivity index (χ3n) is 4.05. The zero-order chi connectivity index (χ0) is 22.4. The number of unbranched alkanes of at least 4 members (excludes halogenated alkanes) is 6. The zero-order valence-electron chi connectivity index (χ0n) is 17.1. The Balaban J connectivity index is -0.000000349. The van der Waals surface area contributed by atoms with E-state index in [1.165, 1.54) is 32.1 Å². The third-order valence-corrected chi connectivity index (χ3v) is 4.05. The molecule has 0 saturated heterocycles. The van der Waals surface area contributed by atoms with Crippen molar-refractivity contribution in [3.63, 3.8) is 0 Å². The summed E-state index contributed by atoms with van der Waals surface area (Å²) in [6, 6.07) is 0. The van der Waals surface area contributed by atoms with Gasteiger partial charge in [0.15, 0.2) is 0 Å². The van der Waals surface area contributed by atoms with Crippen LogP contribution in [-0.2, 0) is 14.4 Å². The molecular formula is C19H38O9. The average Bonchev–Trinajstić information content (AvgIpc) is 2.63. The largest absolute Gasteiger partial charge is 0.481 e. The molecule has 0 aromatic rings. The molecule has 0 radical (unpaired) electrons. The van der Waals surface area contributed by atoms with Gasteiger partial charge in [-0.05, 0) is 12.8 Å². The maximum Gasteiger partial charge on any atom is 0.314 e. The molecule has 0 saturated carbocycles. The fourth-order valence-electron chi connectivity index (χ4n) is 1.85. The molecule has 0 aromatic carbocycles. The standard InChI is InChI=1S/C10H20O2.C6H14O3.C3H4O4/c1-2-3-4-5-6-7-8-9-10(11)12;1-2-6(3-7,4-8)5-9;4-2(5)1-3(6)7/h2-9H2,1H3,(H,11,12);7-9H,2-5H2,1H3;1H2,(H,4,5)(H,6,7). The van der Waals surface area contributed by atoms with Gasteiger partial charge in [0.05, 0.1) is 19.8 Å². The summed E-state index contributed by atoms with van der Waals surface area (Å²) in [4.78, 5) is 29.0. The Bertz CT molecular complexity index is 363. The predicted molar refractivity (Wildman–Crippen MR) is 104 cm³/mol. The van der Waals surface area contributed by atoms with E-state index in [9.17, 15) is 14.4 Å². The lowest BCUT2D eigenvalue weighted by Gasteiger charge is -2.24. The summed E-state index contributed by atoms with van der Waals surface area (Å²) in [5.41, 5.74) is -0.667. The molecule has 0 bridgehead atoms. The molecule has 0 amide bonds. The van der Waals surface area contributed by atoms with Gasteiger partial charge in [-0.3, -0.25) is 14.4 Å². The topological polar surface area (TPSA) is 173 Å². The van der Waals surface area contributed by atoms with Crippen molar-refractivity contribution in [2.75, 3.05) is 19.8 Å². The molecule has 0 aliphatic heterocycles. The summed E-state index contributed by atoms with van der Waals surface area (Å²) in [5, 5.41) is 49.7. The molecule has 28 heavy (non-hydrogen) atoms. The second kappa shape index (κ2) is 21.6. The fraction of sp³-hybridized carbons (Fsp3) is 0.842. The first-order valence-corrected chi connectivity index (χ1v) is 9.62. The summed E-state index contributed by atoms with van der Waals surface area (Å²) < 4.78 is 0. The Labute approximate surface area is 167 Å². The van der Waals surface area contributed by atoms with Gasteiger partial charge in [0.25, 0.3) is 0 Å². The second-order valence-electron chi connectivity index (χ2n) is 6.56. The molecule has 9 nitrogen and oxygen atoms in total. The van der Waals surface area contributed by atoms with Crippen molar-refractivity contribution in [3.8, 4) is 0 Å². The van der Waals surface area contributed by atoms with E-state index >= 15 is 0 Å². The fourth-order valence-corrected chi connectivity index (χ4v) is 1.85. The lowest BCUT2D eigenvalue weighted by Crippen LogP contribution is -2.32. The van der Waals surface area contributed by atoms with E-state index in [1.807, 2.05) is 6.92 Å². The molecule has 0 fully saturated rings. The summed E-state index contributed by atoms with van der Waals surface area (Å²) in [7, 11) is 0. The molecule has 0 heterocycles. The monoisotopic (exact) mass is 410 g/mol. The van der Waals surface area contributed by atoms with Crippen molar-refractivity contribution in [1.82, 2.24) is 0 Å². The number of hydrogen-bond acceptors (Lipinski definition) is 6. The highest BCUT2D eigenvalue weighted by Gasteiger charge is 2.24.